The third kappa shape index (κ3) is 13.7. The Morgan fingerprint density at radius 2 is 1.58 bits per heavy atom. The van der Waals surface area contributed by atoms with Crippen molar-refractivity contribution in [2.24, 2.45) is 17.3 Å². The molecule has 0 unspecified atom stereocenters. The van der Waals surface area contributed by atoms with Gasteiger partial charge < -0.3 is 32.1 Å². The molecular weight excluding hydrogens is 526 g/mol. The number of carbonyl (C=O) groups is 2. The van der Waals surface area contributed by atoms with Crippen LogP contribution < -0.4 is 27.2 Å². The van der Waals surface area contributed by atoms with Gasteiger partial charge in [0.05, 0.1) is 12.2 Å². The molecular formula is C27H42ClN5O4S. The lowest BCUT2D eigenvalue weighted by atomic mass is 10.1. The Hall–Kier alpha value is -2.72. The monoisotopic (exact) mass is 567 g/mol. The fourth-order valence-electron chi connectivity index (χ4n) is 3.36. The summed E-state index contributed by atoms with van der Waals surface area (Å²) >= 11 is 1.53. The van der Waals surface area contributed by atoms with E-state index in [1.807, 2.05) is 89.0 Å². The number of halogens is 1. The van der Waals surface area contributed by atoms with Gasteiger partial charge in [0.15, 0.2) is 0 Å². The lowest BCUT2D eigenvalue weighted by Crippen LogP contribution is -3.00. The lowest BCUT2D eigenvalue weighted by molar-refractivity contribution is -0.654. The van der Waals surface area contributed by atoms with Crippen molar-refractivity contribution in [1.82, 2.24) is 5.32 Å². The van der Waals surface area contributed by atoms with Crippen LogP contribution in [0.4, 0.5) is 21.3 Å². The number of azo groups is 1. The number of ether oxygens (including phenoxy) is 2. The summed E-state index contributed by atoms with van der Waals surface area (Å²) in [4.78, 5) is 26.2. The normalized spacial score (nSPS) is 11.7. The summed E-state index contributed by atoms with van der Waals surface area (Å²) in [5, 5.41) is 14.3. The van der Waals surface area contributed by atoms with Gasteiger partial charge in [-0.15, -0.1) is 0 Å². The Balaban J connectivity index is 0.00000722. The molecule has 11 heteroatoms. The summed E-state index contributed by atoms with van der Waals surface area (Å²) in [6.07, 6.45) is 4.26. The van der Waals surface area contributed by atoms with Crippen molar-refractivity contribution in [1.29, 1.82) is 0 Å². The molecule has 1 aromatic heterocycles. The van der Waals surface area contributed by atoms with Crippen LogP contribution >= 0.6 is 11.3 Å². The van der Waals surface area contributed by atoms with Crippen LogP contribution in [0.1, 0.15) is 67.2 Å². The zero-order chi connectivity index (χ0) is 27.5. The van der Waals surface area contributed by atoms with Gasteiger partial charge in [0, 0.05) is 37.1 Å². The first kappa shape index (κ1) is 33.3. The second-order valence-corrected chi connectivity index (χ2v) is 11.7. The van der Waals surface area contributed by atoms with Gasteiger partial charge in [0.1, 0.15) is 23.1 Å². The Morgan fingerprint density at radius 3 is 2.16 bits per heavy atom. The van der Waals surface area contributed by atoms with Gasteiger partial charge in [-0.1, -0.05) is 0 Å². The number of unbranched alkanes of at least 4 members (excludes halogenated alkanes) is 1. The molecule has 0 fully saturated rings. The third-order valence-corrected chi connectivity index (χ3v) is 5.82. The fraction of sp³-hybridized carbons (Fsp3) is 0.593. The quantitative estimate of drug-likeness (QED) is 0.184. The maximum Gasteiger partial charge on any atom is 0.408 e. The number of amides is 1. The molecule has 0 atom stereocenters. The zero-order valence-corrected chi connectivity index (χ0v) is 25.2. The molecule has 0 aliphatic heterocycles. The number of nitrogens with one attached hydrogen (secondary N) is 1. The number of thiazole rings is 1. The number of esters is 1. The highest BCUT2D eigenvalue weighted by molar-refractivity contribution is 7.12. The van der Waals surface area contributed by atoms with Gasteiger partial charge >= 0.3 is 17.2 Å². The second-order valence-electron chi connectivity index (χ2n) is 10.8. The van der Waals surface area contributed by atoms with Crippen LogP contribution in [0.3, 0.4) is 0 Å². The van der Waals surface area contributed by atoms with Crippen molar-refractivity contribution in [3.63, 3.8) is 0 Å². The van der Waals surface area contributed by atoms with E-state index in [0.717, 1.165) is 48.9 Å². The molecule has 212 valence electrons. The zero-order valence-electron chi connectivity index (χ0n) is 23.6. The second kappa shape index (κ2) is 15.6. The Bertz CT molecular complexity index is 993. The number of anilines is 1. The Morgan fingerprint density at radius 1 is 0.947 bits per heavy atom. The number of carbonyl (C=O) groups excluding carboxylic acids is 2. The smallest absolute Gasteiger partial charge is 0.408 e. The van der Waals surface area contributed by atoms with Crippen molar-refractivity contribution in [2.75, 3.05) is 24.5 Å². The largest absolute Gasteiger partial charge is 1.00 e. The van der Waals surface area contributed by atoms with E-state index < -0.39 is 17.3 Å². The molecule has 2 rings (SSSR count). The number of benzene rings is 1. The maximum atomic E-state index is 12.0. The molecule has 0 saturated carbocycles. The fourth-order valence-corrected chi connectivity index (χ4v) is 4.04. The maximum absolute atomic E-state index is 12.0. The predicted octanol–water partition coefficient (Wildman–Crippen LogP) is 3.23. The summed E-state index contributed by atoms with van der Waals surface area (Å²) in [5.41, 5.74) is 0.831. The van der Waals surface area contributed by atoms with Crippen molar-refractivity contribution in [2.45, 2.75) is 78.4 Å². The molecule has 0 spiro atoms. The Kier molecular flexibility index (Phi) is 13.7. The highest BCUT2D eigenvalue weighted by Crippen LogP contribution is 2.23. The molecule has 0 saturated heterocycles. The van der Waals surface area contributed by atoms with Gasteiger partial charge in [0.25, 0.3) is 0 Å². The van der Waals surface area contributed by atoms with Gasteiger partial charge in [-0.25, -0.2) is 9.36 Å². The van der Waals surface area contributed by atoms with Crippen molar-refractivity contribution in [3.05, 3.63) is 35.8 Å². The highest BCUT2D eigenvalue weighted by atomic mass is 35.5. The molecule has 0 radical (unpaired) electrons. The minimum atomic E-state index is -0.524. The van der Waals surface area contributed by atoms with Crippen LogP contribution in [0.25, 0.3) is 0 Å². The van der Waals surface area contributed by atoms with Crippen LogP contribution in [0.15, 0.2) is 46.1 Å². The minimum Gasteiger partial charge on any atom is -1.00 e. The molecule has 1 heterocycles. The standard InChI is InChI=1S/C27H41N5O4S.ClH/c1-26(2,3)35-23(33)11-8-9-17-32(18-10-16-28-25(34)36-27(4,5)6)22-14-12-21(13-15-22)29-30-24-31(7)19-20-37-24;/h12-15,19-20H,8-11,16-18H2,1-7H3;1H. The van der Waals surface area contributed by atoms with E-state index >= 15 is 0 Å². The van der Waals surface area contributed by atoms with Crippen molar-refractivity contribution >= 4 is 39.9 Å². The molecule has 2 aromatic rings. The van der Waals surface area contributed by atoms with Crippen LogP contribution in [0, 0.1) is 0 Å². The van der Waals surface area contributed by atoms with Gasteiger partial charge in [-0.2, -0.15) is 0 Å². The van der Waals surface area contributed by atoms with E-state index in [1.54, 1.807) is 0 Å². The topological polar surface area (TPSA) is 96.5 Å². The lowest BCUT2D eigenvalue weighted by Gasteiger charge is -2.25. The summed E-state index contributed by atoms with van der Waals surface area (Å²) in [5.74, 6) is -0.172. The summed E-state index contributed by atoms with van der Waals surface area (Å²) in [6.45, 7) is 13.2. The molecule has 0 bridgehead atoms. The van der Waals surface area contributed by atoms with E-state index in [4.69, 9.17) is 9.47 Å². The Labute approximate surface area is 237 Å². The van der Waals surface area contributed by atoms with Crippen molar-refractivity contribution < 1.29 is 36.0 Å². The number of aromatic nitrogens is 1. The van der Waals surface area contributed by atoms with E-state index in [0.29, 0.717) is 13.0 Å². The van der Waals surface area contributed by atoms with Crippen LogP contribution in [0.5, 0.6) is 0 Å². The summed E-state index contributed by atoms with van der Waals surface area (Å²) < 4.78 is 12.6. The van der Waals surface area contributed by atoms with E-state index in [2.05, 4.69) is 20.4 Å². The van der Waals surface area contributed by atoms with Gasteiger partial charge in [-0.3, -0.25) is 4.79 Å². The van der Waals surface area contributed by atoms with Gasteiger partial charge in [0.2, 0.25) is 0 Å². The molecule has 1 amide bonds. The number of hydrogen-bond donors (Lipinski definition) is 1. The first-order valence-corrected chi connectivity index (χ1v) is 13.6. The number of rotatable bonds is 12. The highest BCUT2D eigenvalue weighted by Gasteiger charge is 2.17. The van der Waals surface area contributed by atoms with Gasteiger partial charge in [-0.05, 0) is 102 Å². The molecule has 38 heavy (non-hydrogen) atoms. The molecule has 9 nitrogen and oxygen atoms in total. The summed E-state index contributed by atoms with van der Waals surface area (Å²) in [6, 6.07) is 7.94. The number of nitrogens with zero attached hydrogens (tertiary/aromatic N) is 4. The molecule has 1 N–H and O–H groups in total. The molecule has 0 aliphatic rings. The minimum absolute atomic E-state index is 0. The predicted molar refractivity (Wildman–Crippen MR) is 147 cm³/mol. The van der Waals surface area contributed by atoms with Crippen molar-refractivity contribution in [3.8, 4) is 0 Å². The molecule has 1 aromatic carbocycles. The van der Waals surface area contributed by atoms with Crippen LogP contribution in [0.2, 0.25) is 0 Å². The first-order chi connectivity index (χ1) is 17.3. The first-order valence-electron chi connectivity index (χ1n) is 12.7. The van der Waals surface area contributed by atoms with E-state index in [-0.39, 0.29) is 18.4 Å². The van der Waals surface area contributed by atoms with Crippen LogP contribution in [-0.4, -0.2) is 42.9 Å². The number of aryl methyl sites for hydroxylation is 1. The third-order valence-electron chi connectivity index (χ3n) is 4.98. The van der Waals surface area contributed by atoms with Crippen LogP contribution in [-0.2, 0) is 21.3 Å². The average Bonchev–Trinajstić information content (AvgIpc) is 3.19. The molecule has 0 aliphatic carbocycles. The SMILES string of the molecule is C[n+]1ccsc1N=Nc1ccc(N(CCCCC(=O)OC(C)(C)C)CCCNC(=O)OC(C)(C)C)cc1.[Cl-]. The number of alkyl carbamates (subject to hydrolysis) is 1. The van der Waals surface area contributed by atoms with E-state index in [9.17, 15) is 9.59 Å². The number of hydrogen-bond acceptors (Lipinski definition) is 8. The van der Waals surface area contributed by atoms with E-state index in [1.165, 1.54) is 11.3 Å². The average molecular weight is 568 g/mol. The summed E-state index contributed by atoms with van der Waals surface area (Å²) in [7, 11) is 1.94.